The minimum absolute atomic E-state index is 0.217. The third kappa shape index (κ3) is 3.50. The summed E-state index contributed by atoms with van der Waals surface area (Å²) in [5.74, 6) is 0.253. The maximum absolute atomic E-state index is 12.9. The lowest BCUT2D eigenvalue weighted by Crippen LogP contribution is -2.33. The van der Waals surface area contributed by atoms with Crippen molar-refractivity contribution in [3.8, 4) is 0 Å². The molecular formula is C14H21FN2O. The van der Waals surface area contributed by atoms with E-state index in [1.54, 1.807) is 6.07 Å². The second-order valence-electron chi connectivity index (χ2n) is 4.78. The maximum Gasteiger partial charge on any atom is 0.141 e. The predicted molar refractivity (Wildman–Crippen MR) is 68.8 cm³/mol. The Kier molecular flexibility index (Phi) is 5.08. The van der Waals surface area contributed by atoms with Crippen LogP contribution in [0.15, 0.2) is 18.3 Å². The van der Waals surface area contributed by atoms with Crippen LogP contribution in [-0.4, -0.2) is 24.7 Å². The number of hydrogen-bond donors (Lipinski definition) is 1. The van der Waals surface area contributed by atoms with Crippen molar-refractivity contribution in [1.29, 1.82) is 0 Å². The van der Waals surface area contributed by atoms with Crippen molar-refractivity contribution in [3.63, 3.8) is 0 Å². The molecular weight excluding hydrogens is 231 g/mol. The van der Waals surface area contributed by atoms with Gasteiger partial charge in [0.15, 0.2) is 0 Å². The second kappa shape index (κ2) is 6.81. The summed E-state index contributed by atoms with van der Waals surface area (Å²) in [6.45, 7) is 4.74. The van der Waals surface area contributed by atoms with Gasteiger partial charge in [0.25, 0.3) is 0 Å². The zero-order valence-electron chi connectivity index (χ0n) is 10.9. The monoisotopic (exact) mass is 252 g/mol. The molecule has 0 radical (unpaired) electrons. The molecule has 3 nitrogen and oxygen atoms in total. The highest BCUT2D eigenvalue weighted by Gasteiger charge is 2.25. The van der Waals surface area contributed by atoms with E-state index in [-0.39, 0.29) is 11.9 Å². The molecule has 1 aliphatic rings. The van der Waals surface area contributed by atoms with Gasteiger partial charge >= 0.3 is 0 Å². The van der Waals surface area contributed by atoms with Crippen molar-refractivity contribution in [2.45, 2.75) is 32.2 Å². The van der Waals surface area contributed by atoms with Gasteiger partial charge in [0, 0.05) is 13.2 Å². The van der Waals surface area contributed by atoms with Crippen LogP contribution in [0.2, 0.25) is 0 Å². The van der Waals surface area contributed by atoms with E-state index in [2.05, 4.69) is 17.2 Å². The Morgan fingerprint density at radius 1 is 1.44 bits per heavy atom. The van der Waals surface area contributed by atoms with Gasteiger partial charge in [0.1, 0.15) is 5.82 Å². The van der Waals surface area contributed by atoms with E-state index in [4.69, 9.17) is 4.74 Å². The van der Waals surface area contributed by atoms with Crippen LogP contribution in [0.5, 0.6) is 0 Å². The minimum Gasteiger partial charge on any atom is -0.381 e. The highest BCUT2D eigenvalue weighted by Crippen LogP contribution is 2.29. The van der Waals surface area contributed by atoms with E-state index >= 15 is 0 Å². The fourth-order valence-corrected chi connectivity index (χ4v) is 2.43. The van der Waals surface area contributed by atoms with Gasteiger partial charge in [-0.3, -0.25) is 4.98 Å². The molecule has 0 bridgehead atoms. The standard InChI is InChI=1S/C14H21FN2O/c1-2-7-16-14(11-5-8-18-9-6-11)13-4-3-12(15)10-17-13/h3-4,10-11,14,16H,2,5-9H2,1H3. The lowest BCUT2D eigenvalue weighted by atomic mass is 9.89. The highest BCUT2D eigenvalue weighted by molar-refractivity contribution is 5.11. The summed E-state index contributed by atoms with van der Waals surface area (Å²) in [6.07, 6.45) is 4.47. The van der Waals surface area contributed by atoms with Crippen LogP contribution in [0, 0.1) is 11.7 Å². The number of hydrogen-bond acceptors (Lipinski definition) is 3. The molecule has 0 saturated carbocycles. The average molecular weight is 252 g/mol. The number of halogens is 1. The largest absolute Gasteiger partial charge is 0.381 e. The maximum atomic E-state index is 12.9. The molecule has 1 atom stereocenters. The third-order valence-electron chi connectivity index (χ3n) is 3.42. The number of ether oxygens (including phenoxy) is 1. The van der Waals surface area contributed by atoms with Crippen molar-refractivity contribution >= 4 is 0 Å². The molecule has 2 heterocycles. The van der Waals surface area contributed by atoms with Crippen LogP contribution < -0.4 is 5.32 Å². The van der Waals surface area contributed by atoms with Crippen molar-refractivity contribution in [2.75, 3.05) is 19.8 Å². The number of rotatable bonds is 5. The summed E-state index contributed by atoms with van der Waals surface area (Å²) in [5.41, 5.74) is 0.941. The van der Waals surface area contributed by atoms with Crippen molar-refractivity contribution < 1.29 is 9.13 Å². The molecule has 1 fully saturated rings. The molecule has 1 aliphatic heterocycles. The van der Waals surface area contributed by atoms with Crippen LogP contribution in [0.3, 0.4) is 0 Å². The first-order chi connectivity index (χ1) is 8.81. The third-order valence-corrected chi connectivity index (χ3v) is 3.42. The van der Waals surface area contributed by atoms with Gasteiger partial charge < -0.3 is 10.1 Å². The van der Waals surface area contributed by atoms with E-state index in [1.165, 1.54) is 12.3 Å². The topological polar surface area (TPSA) is 34.2 Å². The summed E-state index contributed by atoms with van der Waals surface area (Å²) in [4.78, 5) is 4.23. The first kappa shape index (κ1) is 13.4. The van der Waals surface area contributed by atoms with Gasteiger partial charge in [0.2, 0.25) is 0 Å². The quantitative estimate of drug-likeness (QED) is 0.875. The number of nitrogens with one attached hydrogen (secondary N) is 1. The molecule has 1 saturated heterocycles. The summed E-state index contributed by atoms with van der Waals surface area (Å²) in [6, 6.07) is 3.50. The molecule has 1 unspecified atom stereocenters. The van der Waals surface area contributed by atoms with E-state index in [0.717, 1.165) is 44.7 Å². The summed E-state index contributed by atoms with van der Waals surface area (Å²) in [7, 11) is 0. The Hall–Kier alpha value is -1.00. The normalized spacial score (nSPS) is 18.8. The van der Waals surface area contributed by atoms with E-state index in [9.17, 15) is 4.39 Å². The zero-order chi connectivity index (χ0) is 12.8. The minimum atomic E-state index is -0.278. The zero-order valence-corrected chi connectivity index (χ0v) is 10.9. The highest BCUT2D eigenvalue weighted by atomic mass is 19.1. The predicted octanol–water partition coefficient (Wildman–Crippen LogP) is 2.69. The summed E-state index contributed by atoms with van der Waals surface area (Å²) >= 11 is 0. The van der Waals surface area contributed by atoms with Crippen LogP contribution >= 0.6 is 0 Å². The lowest BCUT2D eigenvalue weighted by molar-refractivity contribution is 0.0530. The SMILES string of the molecule is CCCNC(c1ccc(F)cn1)C1CCOCC1. The Morgan fingerprint density at radius 2 is 2.22 bits per heavy atom. The van der Waals surface area contributed by atoms with Gasteiger partial charge in [-0.05, 0) is 43.9 Å². The Labute approximate surface area is 108 Å². The van der Waals surface area contributed by atoms with Gasteiger partial charge in [-0.2, -0.15) is 0 Å². The van der Waals surface area contributed by atoms with Crippen LogP contribution in [0.4, 0.5) is 4.39 Å². The molecule has 1 aromatic rings. The summed E-state index contributed by atoms with van der Waals surface area (Å²) < 4.78 is 18.3. The van der Waals surface area contributed by atoms with Gasteiger partial charge in [-0.15, -0.1) is 0 Å². The fourth-order valence-electron chi connectivity index (χ4n) is 2.43. The molecule has 2 rings (SSSR count). The van der Waals surface area contributed by atoms with Crippen molar-refractivity contribution in [3.05, 3.63) is 29.8 Å². The number of aromatic nitrogens is 1. The molecule has 0 aliphatic carbocycles. The fraction of sp³-hybridized carbons (Fsp3) is 0.643. The van der Waals surface area contributed by atoms with Gasteiger partial charge in [-0.25, -0.2) is 4.39 Å². The van der Waals surface area contributed by atoms with Crippen molar-refractivity contribution in [2.24, 2.45) is 5.92 Å². The van der Waals surface area contributed by atoms with Crippen molar-refractivity contribution in [1.82, 2.24) is 10.3 Å². The van der Waals surface area contributed by atoms with E-state index in [1.807, 2.05) is 0 Å². The Balaban J connectivity index is 2.10. The van der Waals surface area contributed by atoms with Crippen LogP contribution in [-0.2, 0) is 4.74 Å². The molecule has 0 spiro atoms. The Bertz CT molecular complexity index is 349. The average Bonchev–Trinajstić information content (AvgIpc) is 2.42. The van der Waals surface area contributed by atoms with E-state index in [0.29, 0.717) is 5.92 Å². The number of nitrogens with zero attached hydrogens (tertiary/aromatic N) is 1. The molecule has 4 heteroatoms. The van der Waals surface area contributed by atoms with E-state index < -0.39 is 0 Å². The van der Waals surface area contributed by atoms with Crippen LogP contribution in [0.25, 0.3) is 0 Å². The molecule has 18 heavy (non-hydrogen) atoms. The first-order valence-electron chi connectivity index (χ1n) is 6.74. The molecule has 1 aromatic heterocycles. The van der Waals surface area contributed by atoms with Crippen LogP contribution in [0.1, 0.15) is 37.9 Å². The smallest absolute Gasteiger partial charge is 0.141 e. The van der Waals surface area contributed by atoms with Gasteiger partial charge in [0.05, 0.1) is 17.9 Å². The molecule has 100 valence electrons. The Morgan fingerprint density at radius 3 is 2.83 bits per heavy atom. The molecule has 0 amide bonds. The lowest BCUT2D eigenvalue weighted by Gasteiger charge is -2.30. The van der Waals surface area contributed by atoms with Gasteiger partial charge in [-0.1, -0.05) is 6.92 Å². The summed E-state index contributed by atoms with van der Waals surface area (Å²) in [5, 5.41) is 3.53. The second-order valence-corrected chi connectivity index (χ2v) is 4.78. The molecule has 0 aromatic carbocycles. The number of pyridine rings is 1. The molecule has 1 N–H and O–H groups in total. The first-order valence-corrected chi connectivity index (χ1v) is 6.74.